The van der Waals surface area contributed by atoms with Crippen LogP contribution in [-0.4, -0.2) is 21.0 Å². The molecule has 0 saturated carbocycles. The Kier molecular flexibility index (Phi) is 2.97. The van der Waals surface area contributed by atoms with Crippen molar-refractivity contribution >= 4 is 28.8 Å². The van der Waals surface area contributed by atoms with Crippen LogP contribution in [0, 0.1) is 0 Å². The summed E-state index contributed by atoms with van der Waals surface area (Å²) in [5.74, 6) is -0.931. The van der Waals surface area contributed by atoms with Gasteiger partial charge in [-0.3, -0.25) is 0 Å². The molecule has 94 valence electrons. The Morgan fingerprint density at radius 1 is 1.11 bits per heavy atom. The molecule has 0 fully saturated rings. The predicted molar refractivity (Wildman–Crippen MR) is 73.6 cm³/mol. The lowest BCUT2D eigenvalue weighted by Gasteiger charge is -2.02. The van der Waals surface area contributed by atoms with Crippen LogP contribution in [-0.2, 0) is 0 Å². The number of fused-ring (bicyclic) bond motifs is 1. The maximum absolute atomic E-state index is 11.1. The van der Waals surface area contributed by atoms with Crippen LogP contribution in [0.5, 0.6) is 0 Å². The summed E-state index contributed by atoms with van der Waals surface area (Å²) in [5.41, 5.74) is 2.10. The summed E-state index contributed by atoms with van der Waals surface area (Å²) in [6.45, 7) is 0. The average molecular weight is 270 g/mol. The summed E-state index contributed by atoms with van der Waals surface area (Å²) in [6.07, 6.45) is 0. The Morgan fingerprint density at radius 2 is 1.84 bits per heavy atom. The molecular formula is C14H10N2O2S. The van der Waals surface area contributed by atoms with E-state index < -0.39 is 5.97 Å². The van der Waals surface area contributed by atoms with Gasteiger partial charge in [0, 0.05) is 4.90 Å². The number of nitrogens with zero attached hydrogens (tertiary/aromatic N) is 1. The van der Waals surface area contributed by atoms with Crippen LogP contribution in [0.25, 0.3) is 11.0 Å². The van der Waals surface area contributed by atoms with Gasteiger partial charge in [-0.2, -0.15) is 0 Å². The molecule has 5 heteroatoms. The number of carbonyl (C=O) groups is 1. The molecule has 3 aromatic rings. The van der Waals surface area contributed by atoms with E-state index in [-0.39, 0.29) is 5.56 Å². The molecule has 4 nitrogen and oxygen atoms in total. The third kappa shape index (κ3) is 2.32. The summed E-state index contributed by atoms with van der Waals surface area (Å²) >= 11 is 1.32. The zero-order valence-electron chi connectivity index (χ0n) is 9.83. The van der Waals surface area contributed by atoms with Crippen LogP contribution < -0.4 is 0 Å². The van der Waals surface area contributed by atoms with E-state index in [2.05, 4.69) is 9.97 Å². The van der Waals surface area contributed by atoms with E-state index in [9.17, 15) is 4.79 Å². The molecule has 3 rings (SSSR count). The van der Waals surface area contributed by atoms with Gasteiger partial charge >= 0.3 is 5.97 Å². The third-order valence-corrected chi connectivity index (χ3v) is 3.65. The van der Waals surface area contributed by atoms with Crippen LogP contribution in [0.4, 0.5) is 0 Å². The molecule has 0 bridgehead atoms. The number of imidazole rings is 1. The smallest absolute Gasteiger partial charge is 0.336 e. The van der Waals surface area contributed by atoms with Crippen LogP contribution in [0.1, 0.15) is 10.4 Å². The predicted octanol–water partition coefficient (Wildman–Crippen LogP) is 3.41. The second-order valence-corrected chi connectivity index (χ2v) is 4.99. The van der Waals surface area contributed by atoms with Crippen LogP contribution in [0.3, 0.4) is 0 Å². The molecular weight excluding hydrogens is 260 g/mol. The Hall–Kier alpha value is -2.27. The number of rotatable bonds is 3. The SMILES string of the molecule is O=C(O)c1ccccc1Sc1nc2ccccc2[nH]1. The van der Waals surface area contributed by atoms with Gasteiger partial charge in [0.2, 0.25) is 0 Å². The molecule has 0 aliphatic carbocycles. The molecule has 0 atom stereocenters. The molecule has 0 aliphatic rings. The van der Waals surface area contributed by atoms with Gasteiger partial charge < -0.3 is 10.1 Å². The lowest BCUT2D eigenvalue weighted by atomic mass is 10.2. The Balaban J connectivity index is 1.99. The molecule has 0 unspecified atom stereocenters. The highest BCUT2D eigenvalue weighted by Crippen LogP contribution is 2.29. The van der Waals surface area contributed by atoms with E-state index >= 15 is 0 Å². The van der Waals surface area contributed by atoms with Crippen molar-refractivity contribution in [2.24, 2.45) is 0 Å². The number of nitrogens with one attached hydrogen (secondary N) is 1. The normalized spacial score (nSPS) is 10.7. The van der Waals surface area contributed by atoms with Crippen molar-refractivity contribution < 1.29 is 9.90 Å². The molecule has 2 aromatic carbocycles. The first kappa shape index (κ1) is 11.8. The third-order valence-electron chi connectivity index (χ3n) is 2.69. The van der Waals surface area contributed by atoms with Crippen molar-refractivity contribution in [3.63, 3.8) is 0 Å². The topological polar surface area (TPSA) is 66.0 Å². The van der Waals surface area contributed by atoms with Crippen molar-refractivity contribution in [2.75, 3.05) is 0 Å². The molecule has 0 amide bonds. The summed E-state index contributed by atoms with van der Waals surface area (Å²) in [7, 11) is 0. The maximum Gasteiger partial charge on any atom is 0.336 e. The van der Waals surface area contributed by atoms with Crippen LogP contribution >= 0.6 is 11.8 Å². The molecule has 1 aromatic heterocycles. The largest absolute Gasteiger partial charge is 0.478 e. The fraction of sp³-hybridized carbons (Fsp3) is 0. The number of para-hydroxylation sites is 2. The van der Waals surface area contributed by atoms with Crippen molar-refractivity contribution in [3.8, 4) is 0 Å². The first-order chi connectivity index (χ1) is 9.24. The van der Waals surface area contributed by atoms with Crippen molar-refractivity contribution in [2.45, 2.75) is 10.1 Å². The number of aromatic amines is 1. The zero-order chi connectivity index (χ0) is 13.2. The van der Waals surface area contributed by atoms with Gasteiger partial charge in [-0.15, -0.1) is 0 Å². The number of H-pyrrole nitrogens is 1. The monoisotopic (exact) mass is 270 g/mol. The first-order valence-electron chi connectivity index (χ1n) is 5.69. The number of benzene rings is 2. The molecule has 0 spiro atoms. The van der Waals surface area contributed by atoms with E-state index in [1.165, 1.54) is 11.8 Å². The van der Waals surface area contributed by atoms with Gasteiger partial charge in [0.05, 0.1) is 16.6 Å². The Labute approximate surface area is 113 Å². The summed E-state index contributed by atoms with van der Waals surface area (Å²) in [4.78, 5) is 19.4. The highest BCUT2D eigenvalue weighted by atomic mass is 32.2. The van der Waals surface area contributed by atoms with E-state index in [4.69, 9.17) is 5.11 Å². The van der Waals surface area contributed by atoms with Crippen molar-refractivity contribution in [1.82, 2.24) is 9.97 Å². The lowest BCUT2D eigenvalue weighted by molar-refractivity contribution is 0.0693. The second kappa shape index (κ2) is 4.78. The van der Waals surface area contributed by atoms with Crippen molar-refractivity contribution in [3.05, 3.63) is 54.1 Å². The molecule has 0 radical (unpaired) electrons. The maximum atomic E-state index is 11.1. The highest BCUT2D eigenvalue weighted by molar-refractivity contribution is 7.99. The van der Waals surface area contributed by atoms with Gasteiger partial charge in [-0.1, -0.05) is 36.0 Å². The number of hydrogen-bond donors (Lipinski definition) is 2. The number of hydrogen-bond acceptors (Lipinski definition) is 3. The summed E-state index contributed by atoms with van der Waals surface area (Å²) in [5, 5.41) is 9.83. The molecule has 1 heterocycles. The standard InChI is InChI=1S/C14H10N2O2S/c17-13(18)9-5-1-4-8-12(9)19-14-15-10-6-2-3-7-11(10)16-14/h1-8H,(H,15,16)(H,17,18). The summed E-state index contributed by atoms with van der Waals surface area (Å²) < 4.78 is 0. The fourth-order valence-corrected chi connectivity index (χ4v) is 2.74. The van der Waals surface area contributed by atoms with Gasteiger partial charge in [-0.05, 0) is 24.3 Å². The average Bonchev–Trinajstić information content (AvgIpc) is 2.81. The number of aromatic nitrogens is 2. The Bertz CT molecular complexity index is 719. The van der Waals surface area contributed by atoms with Gasteiger partial charge in [0.1, 0.15) is 0 Å². The van der Waals surface area contributed by atoms with E-state index in [1.54, 1.807) is 18.2 Å². The van der Waals surface area contributed by atoms with Gasteiger partial charge in [0.25, 0.3) is 0 Å². The zero-order valence-corrected chi connectivity index (χ0v) is 10.6. The molecule has 0 aliphatic heterocycles. The summed E-state index contributed by atoms with van der Waals surface area (Å²) in [6, 6.07) is 14.6. The number of aromatic carboxylic acids is 1. The van der Waals surface area contributed by atoms with Crippen molar-refractivity contribution in [1.29, 1.82) is 0 Å². The minimum Gasteiger partial charge on any atom is -0.478 e. The Morgan fingerprint density at radius 3 is 2.63 bits per heavy atom. The molecule has 19 heavy (non-hydrogen) atoms. The quantitative estimate of drug-likeness (QED) is 0.765. The van der Waals surface area contributed by atoms with E-state index in [0.29, 0.717) is 10.1 Å². The fourth-order valence-electron chi connectivity index (χ4n) is 1.81. The minimum atomic E-state index is -0.931. The van der Waals surface area contributed by atoms with E-state index in [0.717, 1.165) is 11.0 Å². The van der Waals surface area contributed by atoms with Crippen LogP contribution in [0.15, 0.2) is 58.6 Å². The van der Waals surface area contributed by atoms with Gasteiger partial charge in [-0.25, -0.2) is 9.78 Å². The first-order valence-corrected chi connectivity index (χ1v) is 6.50. The highest BCUT2D eigenvalue weighted by Gasteiger charge is 2.12. The van der Waals surface area contributed by atoms with Gasteiger partial charge in [0.15, 0.2) is 5.16 Å². The number of carboxylic acid groups (broad SMARTS) is 1. The minimum absolute atomic E-state index is 0.285. The molecule has 2 N–H and O–H groups in total. The second-order valence-electron chi connectivity index (χ2n) is 3.96. The lowest BCUT2D eigenvalue weighted by Crippen LogP contribution is -1.98. The van der Waals surface area contributed by atoms with E-state index in [1.807, 2.05) is 30.3 Å². The molecule has 0 saturated heterocycles. The number of carboxylic acids is 1. The van der Waals surface area contributed by atoms with Crippen LogP contribution in [0.2, 0.25) is 0 Å².